The van der Waals surface area contributed by atoms with E-state index in [2.05, 4.69) is 52.1 Å². The second-order valence-electron chi connectivity index (χ2n) is 7.17. The highest BCUT2D eigenvalue weighted by Gasteiger charge is 2.16. The summed E-state index contributed by atoms with van der Waals surface area (Å²) in [6.07, 6.45) is 0. The van der Waals surface area contributed by atoms with E-state index in [4.69, 9.17) is 0 Å². The van der Waals surface area contributed by atoms with E-state index < -0.39 is 0 Å². The Bertz CT molecular complexity index is 961. The first-order valence-corrected chi connectivity index (χ1v) is 10.1. The van der Waals surface area contributed by atoms with Gasteiger partial charge in [0.05, 0.1) is 5.69 Å². The molecule has 0 bridgehead atoms. The third kappa shape index (κ3) is 4.78. The van der Waals surface area contributed by atoms with Crippen molar-refractivity contribution in [1.82, 2.24) is 14.8 Å². The van der Waals surface area contributed by atoms with E-state index >= 15 is 0 Å². The first-order chi connectivity index (χ1) is 12.7. The van der Waals surface area contributed by atoms with E-state index in [9.17, 15) is 4.79 Å². The van der Waals surface area contributed by atoms with Crippen molar-refractivity contribution in [3.63, 3.8) is 0 Å². The Hall–Kier alpha value is -2.12. The predicted octanol–water partition coefficient (Wildman–Crippen LogP) is 5.28. The SMILES string of the molecule is Cn1nc(Br)nc1Sc1ccccc1NC(=O)c1ccc(C(C)(C)C)cc1. The van der Waals surface area contributed by atoms with Crippen molar-refractivity contribution in [2.45, 2.75) is 36.2 Å². The Balaban J connectivity index is 1.79. The van der Waals surface area contributed by atoms with Gasteiger partial charge in [0, 0.05) is 17.5 Å². The number of nitrogens with one attached hydrogen (secondary N) is 1. The lowest BCUT2D eigenvalue weighted by Gasteiger charge is -2.19. The number of carbonyl (C=O) groups excluding carboxylic acids is 1. The van der Waals surface area contributed by atoms with Gasteiger partial charge in [0.1, 0.15) is 0 Å². The van der Waals surface area contributed by atoms with Gasteiger partial charge in [-0.05, 0) is 62.9 Å². The molecule has 1 heterocycles. The Labute approximate surface area is 171 Å². The van der Waals surface area contributed by atoms with Crippen LogP contribution >= 0.6 is 27.7 Å². The molecule has 0 saturated heterocycles. The number of carbonyl (C=O) groups is 1. The van der Waals surface area contributed by atoms with Gasteiger partial charge in [-0.15, -0.1) is 5.10 Å². The van der Waals surface area contributed by atoms with E-state index in [1.54, 1.807) is 4.68 Å². The molecule has 0 aliphatic carbocycles. The number of halogens is 1. The van der Waals surface area contributed by atoms with Gasteiger partial charge in [0.15, 0.2) is 5.16 Å². The van der Waals surface area contributed by atoms with Crippen molar-refractivity contribution < 1.29 is 4.79 Å². The molecule has 7 heteroatoms. The average molecular weight is 445 g/mol. The Kier molecular flexibility index (Phi) is 5.72. The minimum Gasteiger partial charge on any atom is -0.321 e. The van der Waals surface area contributed by atoms with Crippen molar-refractivity contribution >= 4 is 39.3 Å². The van der Waals surface area contributed by atoms with Gasteiger partial charge in [0.25, 0.3) is 5.91 Å². The van der Waals surface area contributed by atoms with Crippen molar-refractivity contribution in [2.75, 3.05) is 5.32 Å². The molecule has 0 aliphatic heterocycles. The molecule has 0 saturated carbocycles. The molecule has 0 spiro atoms. The average Bonchev–Trinajstić information content (AvgIpc) is 2.93. The summed E-state index contributed by atoms with van der Waals surface area (Å²) in [6.45, 7) is 6.46. The molecule has 0 fully saturated rings. The van der Waals surface area contributed by atoms with Crippen molar-refractivity contribution in [1.29, 1.82) is 0 Å². The molecule has 0 atom stereocenters. The number of anilines is 1. The van der Waals surface area contributed by atoms with Gasteiger partial charge in [-0.2, -0.15) is 4.98 Å². The van der Waals surface area contributed by atoms with Crippen LogP contribution in [0.25, 0.3) is 0 Å². The van der Waals surface area contributed by atoms with Gasteiger partial charge in [-0.1, -0.05) is 45.0 Å². The summed E-state index contributed by atoms with van der Waals surface area (Å²) in [5.41, 5.74) is 2.63. The number of aromatic nitrogens is 3. The van der Waals surface area contributed by atoms with E-state index in [0.717, 1.165) is 15.7 Å². The van der Waals surface area contributed by atoms with E-state index in [1.165, 1.54) is 17.3 Å². The lowest BCUT2D eigenvalue weighted by Crippen LogP contribution is -2.14. The van der Waals surface area contributed by atoms with Crippen LogP contribution in [0.15, 0.2) is 63.3 Å². The third-order valence-electron chi connectivity index (χ3n) is 4.05. The topological polar surface area (TPSA) is 59.8 Å². The number of hydrogen-bond acceptors (Lipinski definition) is 4. The Morgan fingerprint density at radius 3 is 2.37 bits per heavy atom. The number of amides is 1. The lowest BCUT2D eigenvalue weighted by atomic mass is 9.87. The Morgan fingerprint density at radius 2 is 1.78 bits per heavy atom. The largest absolute Gasteiger partial charge is 0.321 e. The fourth-order valence-corrected chi connectivity index (χ4v) is 3.90. The summed E-state index contributed by atoms with van der Waals surface area (Å²) >= 11 is 4.73. The van der Waals surface area contributed by atoms with E-state index in [0.29, 0.717) is 10.3 Å². The molecule has 2 aromatic carbocycles. The first-order valence-electron chi connectivity index (χ1n) is 8.49. The number of aryl methyl sites for hydroxylation is 1. The zero-order valence-corrected chi connectivity index (χ0v) is 18.1. The molecule has 3 aromatic rings. The second kappa shape index (κ2) is 7.86. The van der Waals surface area contributed by atoms with Crippen molar-refractivity contribution in [3.8, 4) is 0 Å². The van der Waals surface area contributed by atoms with Crippen LogP contribution in [0.1, 0.15) is 36.7 Å². The molecule has 0 aliphatic rings. The summed E-state index contributed by atoms with van der Waals surface area (Å²) in [6, 6.07) is 15.4. The number of benzene rings is 2. The van der Waals surface area contributed by atoms with E-state index in [-0.39, 0.29) is 11.3 Å². The molecule has 3 rings (SSSR count). The summed E-state index contributed by atoms with van der Waals surface area (Å²) < 4.78 is 2.23. The molecule has 5 nitrogen and oxygen atoms in total. The molecule has 1 aromatic heterocycles. The van der Waals surface area contributed by atoms with Gasteiger partial charge in [-0.25, -0.2) is 4.68 Å². The van der Waals surface area contributed by atoms with Crippen LogP contribution in [0.4, 0.5) is 5.69 Å². The molecule has 140 valence electrons. The molecule has 0 unspecified atom stereocenters. The first kappa shape index (κ1) is 19.6. The maximum Gasteiger partial charge on any atom is 0.255 e. The molecule has 1 amide bonds. The quantitative estimate of drug-likeness (QED) is 0.594. The molecule has 1 N–H and O–H groups in total. The second-order valence-corrected chi connectivity index (χ2v) is 8.89. The number of nitrogens with zero attached hydrogens (tertiary/aromatic N) is 3. The monoisotopic (exact) mass is 444 g/mol. The van der Waals surface area contributed by atoms with Gasteiger partial charge in [-0.3, -0.25) is 4.79 Å². The van der Waals surface area contributed by atoms with Gasteiger partial charge in [0.2, 0.25) is 4.73 Å². The zero-order chi connectivity index (χ0) is 19.6. The zero-order valence-electron chi connectivity index (χ0n) is 15.7. The normalized spacial score (nSPS) is 11.4. The smallest absolute Gasteiger partial charge is 0.255 e. The Morgan fingerprint density at radius 1 is 1.11 bits per heavy atom. The van der Waals surface area contributed by atoms with Crippen LogP contribution in [-0.4, -0.2) is 20.7 Å². The lowest BCUT2D eigenvalue weighted by molar-refractivity contribution is 0.102. The number of rotatable bonds is 4. The van der Waals surface area contributed by atoms with Gasteiger partial charge < -0.3 is 5.32 Å². The number of hydrogen-bond donors (Lipinski definition) is 1. The molecular weight excluding hydrogens is 424 g/mol. The fraction of sp³-hybridized carbons (Fsp3) is 0.250. The van der Waals surface area contributed by atoms with Crippen molar-refractivity contribution in [2.24, 2.45) is 7.05 Å². The van der Waals surface area contributed by atoms with Crippen LogP contribution in [0.5, 0.6) is 0 Å². The van der Waals surface area contributed by atoms with Crippen LogP contribution in [0.2, 0.25) is 0 Å². The minimum atomic E-state index is -0.136. The van der Waals surface area contributed by atoms with Crippen molar-refractivity contribution in [3.05, 3.63) is 64.4 Å². The molecular formula is C20H21BrN4OS. The number of para-hydroxylation sites is 1. The fourth-order valence-electron chi connectivity index (χ4n) is 2.50. The van der Waals surface area contributed by atoms with E-state index in [1.807, 2.05) is 55.6 Å². The highest BCUT2D eigenvalue weighted by atomic mass is 79.9. The van der Waals surface area contributed by atoms with Crippen LogP contribution in [0, 0.1) is 0 Å². The van der Waals surface area contributed by atoms with Crippen LogP contribution in [0.3, 0.4) is 0 Å². The summed E-state index contributed by atoms with van der Waals surface area (Å²) in [7, 11) is 1.83. The summed E-state index contributed by atoms with van der Waals surface area (Å²) in [4.78, 5) is 17.9. The standard InChI is InChI=1S/C20H21BrN4OS/c1-20(2,3)14-11-9-13(10-12-14)17(26)22-15-7-5-6-8-16(15)27-19-23-18(21)24-25(19)4/h5-12H,1-4H3,(H,22,26). The summed E-state index contributed by atoms with van der Waals surface area (Å²) in [5.74, 6) is -0.136. The summed E-state index contributed by atoms with van der Waals surface area (Å²) in [5, 5.41) is 7.92. The van der Waals surface area contributed by atoms with Gasteiger partial charge >= 0.3 is 0 Å². The maximum absolute atomic E-state index is 12.7. The minimum absolute atomic E-state index is 0.0582. The van der Waals surface area contributed by atoms with Crippen LogP contribution < -0.4 is 5.32 Å². The highest BCUT2D eigenvalue weighted by Crippen LogP contribution is 2.33. The predicted molar refractivity (Wildman–Crippen MR) is 112 cm³/mol. The molecule has 0 radical (unpaired) electrons. The maximum atomic E-state index is 12.7. The van der Waals surface area contributed by atoms with Crippen LogP contribution in [-0.2, 0) is 12.5 Å². The highest BCUT2D eigenvalue weighted by molar-refractivity contribution is 9.10. The third-order valence-corrected chi connectivity index (χ3v) is 5.50. The molecule has 27 heavy (non-hydrogen) atoms.